The third kappa shape index (κ3) is 3.82. The molecular weight excluding hydrogens is 292 g/mol. The average molecular weight is 308 g/mol. The minimum atomic E-state index is -3.32. The van der Waals surface area contributed by atoms with E-state index in [-0.39, 0.29) is 17.3 Å². The number of nitrogens with two attached hydrogens (primary N) is 1. The van der Waals surface area contributed by atoms with E-state index in [4.69, 9.17) is 5.73 Å². The van der Waals surface area contributed by atoms with E-state index in [9.17, 15) is 13.2 Å². The monoisotopic (exact) mass is 308 g/mol. The number of nitrogen functional groups attached to an aromatic ring is 1. The summed E-state index contributed by atoms with van der Waals surface area (Å²) in [6.45, 7) is 1.79. The Labute approximate surface area is 122 Å². The second-order valence-electron chi connectivity index (χ2n) is 4.77. The average Bonchev–Trinajstić information content (AvgIpc) is 2.76. The molecule has 112 valence electrons. The molecule has 21 heavy (non-hydrogen) atoms. The lowest BCUT2D eigenvalue weighted by molar-refractivity contribution is -0.116. The standard InChI is InChI=1S/C13H16N4O3S/c1-9-3-4-11(21(2,19)20)5-12(9)16-13(18)8-17-7-10(14)6-15-17/h3-7H,8,14H2,1-2H3,(H,16,18). The number of rotatable bonds is 4. The van der Waals surface area contributed by atoms with Gasteiger partial charge in [0, 0.05) is 18.1 Å². The second kappa shape index (κ2) is 5.57. The molecule has 0 atom stereocenters. The van der Waals surface area contributed by atoms with Gasteiger partial charge in [0.1, 0.15) is 6.54 Å². The Balaban J connectivity index is 2.17. The van der Waals surface area contributed by atoms with Gasteiger partial charge in [-0.05, 0) is 24.6 Å². The van der Waals surface area contributed by atoms with Crippen LogP contribution >= 0.6 is 0 Å². The van der Waals surface area contributed by atoms with E-state index in [0.717, 1.165) is 11.8 Å². The van der Waals surface area contributed by atoms with Gasteiger partial charge in [-0.25, -0.2) is 8.42 Å². The fourth-order valence-corrected chi connectivity index (χ4v) is 2.42. The molecule has 3 N–H and O–H groups in total. The van der Waals surface area contributed by atoms with Crippen molar-refractivity contribution in [3.63, 3.8) is 0 Å². The van der Waals surface area contributed by atoms with Gasteiger partial charge >= 0.3 is 0 Å². The second-order valence-corrected chi connectivity index (χ2v) is 6.78. The van der Waals surface area contributed by atoms with E-state index in [0.29, 0.717) is 11.4 Å². The van der Waals surface area contributed by atoms with Crippen molar-refractivity contribution in [1.82, 2.24) is 9.78 Å². The summed E-state index contributed by atoms with van der Waals surface area (Å²) < 4.78 is 24.5. The zero-order chi connectivity index (χ0) is 15.6. The van der Waals surface area contributed by atoms with Gasteiger partial charge in [0.15, 0.2) is 9.84 Å². The van der Waals surface area contributed by atoms with Gasteiger partial charge in [-0.1, -0.05) is 6.07 Å². The van der Waals surface area contributed by atoms with Crippen LogP contribution in [0.4, 0.5) is 11.4 Å². The van der Waals surface area contributed by atoms with Gasteiger partial charge < -0.3 is 11.1 Å². The summed E-state index contributed by atoms with van der Waals surface area (Å²) in [5.74, 6) is -0.313. The third-order valence-corrected chi connectivity index (χ3v) is 3.98. The summed E-state index contributed by atoms with van der Waals surface area (Å²) in [5.41, 5.74) is 7.22. The molecule has 0 saturated heterocycles. The number of benzene rings is 1. The number of hydrogen-bond acceptors (Lipinski definition) is 5. The Morgan fingerprint density at radius 3 is 2.71 bits per heavy atom. The largest absolute Gasteiger partial charge is 0.396 e. The number of sulfone groups is 1. The third-order valence-electron chi connectivity index (χ3n) is 2.87. The molecule has 2 aromatic rings. The molecule has 1 amide bonds. The number of carbonyl (C=O) groups is 1. The summed E-state index contributed by atoms with van der Waals surface area (Å²) in [4.78, 5) is 12.1. The Hall–Kier alpha value is -2.35. The van der Waals surface area contributed by atoms with E-state index in [2.05, 4.69) is 10.4 Å². The van der Waals surface area contributed by atoms with Gasteiger partial charge in [-0.2, -0.15) is 5.10 Å². The quantitative estimate of drug-likeness (QED) is 0.869. The maximum Gasteiger partial charge on any atom is 0.246 e. The van der Waals surface area contributed by atoms with Crippen LogP contribution in [0.3, 0.4) is 0 Å². The van der Waals surface area contributed by atoms with Gasteiger partial charge in [-0.3, -0.25) is 9.48 Å². The number of aryl methyl sites for hydroxylation is 1. The first-order valence-electron chi connectivity index (χ1n) is 6.14. The van der Waals surface area contributed by atoms with Crippen LogP contribution in [0.1, 0.15) is 5.56 Å². The van der Waals surface area contributed by atoms with E-state index in [1.807, 2.05) is 0 Å². The summed E-state index contributed by atoms with van der Waals surface area (Å²) in [6.07, 6.45) is 4.11. The van der Waals surface area contributed by atoms with Crippen LogP contribution in [0.15, 0.2) is 35.5 Å². The molecule has 1 heterocycles. The van der Waals surface area contributed by atoms with Gasteiger partial charge in [-0.15, -0.1) is 0 Å². The van der Waals surface area contributed by atoms with Crippen LogP contribution in [-0.2, 0) is 21.2 Å². The minimum absolute atomic E-state index is 0.000255. The van der Waals surface area contributed by atoms with Gasteiger partial charge in [0.25, 0.3) is 0 Å². The van der Waals surface area contributed by atoms with Crippen molar-refractivity contribution in [2.24, 2.45) is 0 Å². The van der Waals surface area contributed by atoms with Gasteiger partial charge in [0.2, 0.25) is 5.91 Å². The number of carbonyl (C=O) groups excluding carboxylic acids is 1. The van der Waals surface area contributed by atoms with Crippen LogP contribution in [0.5, 0.6) is 0 Å². The molecule has 0 aliphatic carbocycles. The summed E-state index contributed by atoms with van der Waals surface area (Å²) in [7, 11) is -3.32. The predicted molar refractivity (Wildman–Crippen MR) is 79.6 cm³/mol. The molecule has 2 rings (SSSR count). The molecule has 0 spiro atoms. The van der Waals surface area contributed by atoms with Crippen LogP contribution in [-0.4, -0.2) is 30.4 Å². The Bertz CT molecular complexity index is 780. The molecule has 1 aromatic carbocycles. The molecule has 0 saturated carbocycles. The van der Waals surface area contributed by atoms with Crippen LogP contribution in [0, 0.1) is 6.92 Å². The van der Waals surface area contributed by atoms with E-state index >= 15 is 0 Å². The first kappa shape index (κ1) is 15.0. The fourth-order valence-electron chi connectivity index (χ4n) is 1.77. The highest BCUT2D eigenvalue weighted by Crippen LogP contribution is 2.20. The molecule has 1 aromatic heterocycles. The predicted octanol–water partition coefficient (Wildman–Crippen LogP) is 0.816. The molecule has 0 radical (unpaired) electrons. The van der Waals surface area contributed by atoms with Gasteiger partial charge in [0.05, 0.1) is 16.8 Å². The Morgan fingerprint density at radius 1 is 1.43 bits per heavy atom. The molecular formula is C13H16N4O3S. The molecule has 0 aliphatic heterocycles. The van der Waals surface area contributed by atoms with E-state index < -0.39 is 9.84 Å². The van der Waals surface area contributed by atoms with Crippen LogP contribution < -0.4 is 11.1 Å². The lowest BCUT2D eigenvalue weighted by Gasteiger charge is -2.10. The highest BCUT2D eigenvalue weighted by Gasteiger charge is 2.12. The van der Waals surface area contributed by atoms with Crippen LogP contribution in [0.2, 0.25) is 0 Å². The molecule has 7 nitrogen and oxygen atoms in total. The van der Waals surface area contributed by atoms with Crippen molar-refractivity contribution in [2.75, 3.05) is 17.3 Å². The number of amides is 1. The van der Waals surface area contributed by atoms with E-state index in [1.165, 1.54) is 23.0 Å². The molecule has 0 fully saturated rings. The molecule has 0 unspecified atom stereocenters. The zero-order valence-electron chi connectivity index (χ0n) is 11.7. The lowest BCUT2D eigenvalue weighted by atomic mass is 10.2. The first-order valence-corrected chi connectivity index (χ1v) is 8.03. The highest BCUT2D eigenvalue weighted by atomic mass is 32.2. The summed E-state index contributed by atoms with van der Waals surface area (Å²) in [5, 5.41) is 6.59. The van der Waals surface area contributed by atoms with Crippen molar-refractivity contribution in [2.45, 2.75) is 18.4 Å². The summed E-state index contributed by atoms with van der Waals surface area (Å²) >= 11 is 0. The van der Waals surface area contributed by atoms with Crippen molar-refractivity contribution < 1.29 is 13.2 Å². The summed E-state index contributed by atoms with van der Waals surface area (Å²) in [6, 6.07) is 4.60. The van der Waals surface area contributed by atoms with Crippen molar-refractivity contribution in [1.29, 1.82) is 0 Å². The number of anilines is 2. The molecule has 8 heteroatoms. The molecule has 0 aliphatic rings. The SMILES string of the molecule is Cc1ccc(S(C)(=O)=O)cc1NC(=O)Cn1cc(N)cn1. The maximum atomic E-state index is 11.9. The number of hydrogen-bond donors (Lipinski definition) is 2. The van der Waals surface area contributed by atoms with Crippen molar-refractivity contribution >= 4 is 27.1 Å². The number of aromatic nitrogens is 2. The molecule has 0 bridgehead atoms. The Kier molecular flexibility index (Phi) is 3.99. The smallest absolute Gasteiger partial charge is 0.246 e. The topological polar surface area (TPSA) is 107 Å². The first-order chi connectivity index (χ1) is 9.75. The fraction of sp³-hybridized carbons (Fsp3) is 0.231. The maximum absolute atomic E-state index is 11.9. The minimum Gasteiger partial charge on any atom is -0.396 e. The van der Waals surface area contributed by atoms with Crippen molar-refractivity contribution in [3.8, 4) is 0 Å². The van der Waals surface area contributed by atoms with E-state index in [1.54, 1.807) is 19.2 Å². The Morgan fingerprint density at radius 2 is 2.14 bits per heavy atom. The highest BCUT2D eigenvalue weighted by molar-refractivity contribution is 7.90. The zero-order valence-corrected chi connectivity index (χ0v) is 12.5. The van der Waals surface area contributed by atoms with Crippen molar-refractivity contribution in [3.05, 3.63) is 36.2 Å². The normalized spacial score (nSPS) is 11.3. The number of nitrogens with one attached hydrogen (secondary N) is 1. The lowest BCUT2D eigenvalue weighted by Crippen LogP contribution is -2.19. The van der Waals surface area contributed by atoms with Crippen LogP contribution in [0.25, 0.3) is 0 Å². The number of nitrogens with zero attached hydrogens (tertiary/aromatic N) is 2.